The van der Waals surface area contributed by atoms with Crippen LogP contribution in [0.4, 0.5) is 14.9 Å². The van der Waals surface area contributed by atoms with Crippen LogP contribution in [0.15, 0.2) is 36.7 Å². The third kappa shape index (κ3) is 2.67. The van der Waals surface area contributed by atoms with E-state index in [9.17, 15) is 9.18 Å². The van der Waals surface area contributed by atoms with Crippen molar-refractivity contribution in [2.45, 2.75) is 19.1 Å². The highest BCUT2D eigenvalue weighted by atomic mass is 19.1. The fourth-order valence-electron chi connectivity index (χ4n) is 4.13. The van der Waals surface area contributed by atoms with E-state index in [1.54, 1.807) is 29.2 Å². The summed E-state index contributed by atoms with van der Waals surface area (Å²) in [4.78, 5) is 13.6. The third-order valence-electron chi connectivity index (χ3n) is 5.57. The smallest absolute Gasteiger partial charge is 0.414 e. The summed E-state index contributed by atoms with van der Waals surface area (Å²) in [5.74, 6) is 0.351. The van der Waals surface area contributed by atoms with Gasteiger partial charge in [-0.2, -0.15) is 5.26 Å². The summed E-state index contributed by atoms with van der Waals surface area (Å²) in [6.45, 7) is 0.729. The number of cyclic esters (lactones) is 1. The van der Waals surface area contributed by atoms with Gasteiger partial charge in [-0.15, -0.1) is 5.10 Å². The normalized spacial score (nSPS) is 28.5. The molecule has 0 spiro atoms. The molecule has 3 aliphatic rings. The summed E-state index contributed by atoms with van der Waals surface area (Å²) in [5, 5.41) is 16.6. The van der Waals surface area contributed by atoms with E-state index < -0.39 is 6.09 Å². The molecule has 0 unspecified atom stereocenters. The Hall–Kier alpha value is -3.21. The molecule has 27 heavy (non-hydrogen) atoms. The first-order chi connectivity index (χ1) is 13.1. The van der Waals surface area contributed by atoms with Crippen LogP contribution in [0.1, 0.15) is 12.0 Å². The number of nitriles is 1. The minimum atomic E-state index is -0.495. The van der Waals surface area contributed by atoms with Gasteiger partial charge in [0.15, 0.2) is 0 Å². The molecule has 0 N–H and O–H groups in total. The first-order valence-electron chi connectivity index (χ1n) is 8.86. The average molecular weight is 365 g/mol. The minimum Gasteiger partial charge on any atom is -0.442 e. The van der Waals surface area contributed by atoms with E-state index in [2.05, 4.69) is 16.4 Å². The van der Waals surface area contributed by atoms with Crippen LogP contribution < -0.4 is 4.90 Å². The predicted molar refractivity (Wildman–Crippen MR) is 92.7 cm³/mol. The quantitative estimate of drug-likeness (QED) is 0.832. The highest BCUT2D eigenvalue weighted by molar-refractivity contribution is 5.90. The fraction of sp³-hybridized carbons (Fsp3) is 0.368. The molecule has 2 aromatic rings. The number of nitrogens with zero attached hydrogens (tertiary/aromatic N) is 5. The van der Waals surface area contributed by atoms with Crippen molar-refractivity contribution in [3.05, 3.63) is 48.0 Å². The molecule has 4 atom stereocenters. The van der Waals surface area contributed by atoms with Crippen molar-refractivity contribution in [2.75, 3.05) is 11.4 Å². The second-order valence-electron chi connectivity index (χ2n) is 7.20. The number of ether oxygens (including phenoxy) is 1. The SMILES string of the molecule is N#C[C@H]1[C@@H]2C=C(c3ccc(N4C[C@H](Cn5ccnn5)OC4=O)cc3F)C[C@H]12. The van der Waals surface area contributed by atoms with E-state index in [0.29, 0.717) is 30.3 Å². The molecule has 0 radical (unpaired) electrons. The van der Waals surface area contributed by atoms with Gasteiger partial charge < -0.3 is 4.74 Å². The van der Waals surface area contributed by atoms with Crippen molar-refractivity contribution in [3.8, 4) is 6.07 Å². The molecule has 1 saturated heterocycles. The van der Waals surface area contributed by atoms with Crippen LogP contribution in [0.3, 0.4) is 0 Å². The molecule has 2 heterocycles. The molecular weight excluding hydrogens is 349 g/mol. The molecule has 2 aliphatic carbocycles. The number of amides is 1. The Morgan fingerprint density at radius 1 is 1.41 bits per heavy atom. The monoisotopic (exact) mass is 365 g/mol. The van der Waals surface area contributed by atoms with Gasteiger partial charge in [0.2, 0.25) is 0 Å². The Morgan fingerprint density at radius 3 is 2.96 bits per heavy atom. The fourth-order valence-corrected chi connectivity index (χ4v) is 4.13. The van der Waals surface area contributed by atoms with Crippen molar-refractivity contribution in [1.29, 1.82) is 5.26 Å². The lowest BCUT2D eigenvalue weighted by Crippen LogP contribution is -2.26. The number of anilines is 1. The highest BCUT2D eigenvalue weighted by Crippen LogP contribution is 2.57. The zero-order chi connectivity index (χ0) is 18.5. The highest BCUT2D eigenvalue weighted by Gasteiger charge is 2.53. The summed E-state index contributed by atoms with van der Waals surface area (Å²) < 4.78 is 21.6. The topological polar surface area (TPSA) is 84.0 Å². The number of rotatable bonds is 4. The summed E-state index contributed by atoms with van der Waals surface area (Å²) in [6.07, 6.45) is 5.16. The molecule has 0 bridgehead atoms. The number of aromatic nitrogens is 3. The number of fused-ring (bicyclic) bond motifs is 1. The largest absolute Gasteiger partial charge is 0.442 e. The Bertz CT molecular complexity index is 980. The molecule has 2 fully saturated rings. The van der Waals surface area contributed by atoms with E-state index in [0.717, 1.165) is 12.0 Å². The van der Waals surface area contributed by atoms with Crippen LogP contribution in [-0.2, 0) is 11.3 Å². The summed E-state index contributed by atoms with van der Waals surface area (Å²) in [5.41, 5.74) is 1.98. The maximum Gasteiger partial charge on any atom is 0.414 e. The summed E-state index contributed by atoms with van der Waals surface area (Å²) in [6, 6.07) is 7.12. The lowest BCUT2D eigenvalue weighted by atomic mass is 10.00. The molecule has 1 aliphatic heterocycles. The molecule has 1 saturated carbocycles. The Labute approximate surface area is 154 Å². The van der Waals surface area contributed by atoms with Crippen molar-refractivity contribution in [3.63, 3.8) is 0 Å². The average Bonchev–Trinajstić information content (AvgIpc) is 3.11. The summed E-state index contributed by atoms with van der Waals surface area (Å²) >= 11 is 0. The number of allylic oxidation sites excluding steroid dienone is 2. The Morgan fingerprint density at radius 2 is 2.30 bits per heavy atom. The van der Waals surface area contributed by atoms with Crippen LogP contribution in [0.2, 0.25) is 0 Å². The number of carbonyl (C=O) groups excluding carboxylic acids is 1. The van der Waals surface area contributed by atoms with E-state index in [4.69, 9.17) is 10.00 Å². The van der Waals surface area contributed by atoms with E-state index in [1.807, 2.05) is 6.08 Å². The molecule has 1 aromatic carbocycles. The van der Waals surface area contributed by atoms with E-state index in [-0.39, 0.29) is 23.8 Å². The number of hydrogen-bond donors (Lipinski definition) is 0. The van der Waals surface area contributed by atoms with Gasteiger partial charge in [0.25, 0.3) is 0 Å². The van der Waals surface area contributed by atoms with Crippen LogP contribution in [-0.4, -0.2) is 33.7 Å². The molecule has 1 amide bonds. The molecule has 136 valence electrons. The minimum absolute atomic E-state index is 0.0948. The zero-order valence-corrected chi connectivity index (χ0v) is 14.3. The molecule has 5 rings (SSSR count). The molecule has 1 aromatic heterocycles. The Balaban J connectivity index is 1.32. The van der Waals surface area contributed by atoms with Gasteiger partial charge in [-0.05, 0) is 42.0 Å². The van der Waals surface area contributed by atoms with Crippen molar-refractivity contribution in [1.82, 2.24) is 15.0 Å². The van der Waals surface area contributed by atoms with E-state index in [1.165, 1.54) is 11.0 Å². The lowest BCUT2D eigenvalue weighted by molar-refractivity contribution is 0.129. The second kappa shape index (κ2) is 5.91. The van der Waals surface area contributed by atoms with Gasteiger partial charge in [0.05, 0.1) is 37.0 Å². The Kier molecular flexibility index (Phi) is 3.50. The van der Waals surface area contributed by atoms with Crippen LogP contribution >= 0.6 is 0 Å². The van der Waals surface area contributed by atoms with Crippen molar-refractivity contribution in [2.24, 2.45) is 17.8 Å². The van der Waals surface area contributed by atoms with Crippen LogP contribution in [0.5, 0.6) is 0 Å². The van der Waals surface area contributed by atoms with Gasteiger partial charge in [-0.3, -0.25) is 4.90 Å². The van der Waals surface area contributed by atoms with Crippen molar-refractivity contribution >= 4 is 17.4 Å². The van der Waals surface area contributed by atoms with Gasteiger partial charge >= 0.3 is 6.09 Å². The molecule has 7 nitrogen and oxygen atoms in total. The predicted octanol–water partition coefficient (Wildman–Crippen LogP) is 2.62. The number of benzene rings is 1. The maximum absolute atomic E-state index is 14.7. The maximum atomic E-state index is 14.7. The zero-order valence-electron chi connectivity index (χ0n) is 14.3. The van der Waals surface area contributed by atoms with Crippen molar-refractivity contribution < 1.29 is 13.9 Å². The van der Waals surface area contributed by atoms with Gasteiger partial charge in [-0.25, -0.2) is 13.9 Å². The molecular formula is C19H16FN5O2. The van der Waals surface area contributed by atoms with Crippen LogP contribution in [0.25, 0.3) is 5.57 Å². The first kappa shape index (κ1) is 16.0. The summed E-state index contributed by atoms with van der Waals surface area (Å²) in [7, 11) is 0. The van der Waals surface area contributed by atoms with E-state index >= 15 is 0 Å². The third-order valence-corrected chi connectivity index (χ3v) is 5.57. The number of halogens is 1. The number of hydrogen-bond acceptors (Lipinski definition) is 5. The van der Waals surface area contributed by atoms with Gasteiger partial charge in [0, 0.05) is 11.8 Å². The standard InChI is InChI=1S/C19H16FN5O2/c20-18-7-12(1-2-14(18)11-5-15-16(6-11)17(15)8-21)25-10-13(27-19(25)26)9-24-4-3-22-23-24/h1-5,7,13,15-17H,6,9-10H2/t13-,15+,16-,17-/m0/s1. The van der Waals surface area contributed by atoms with Gasteiger partial charge in [0.1, 0.15) is 11.9 Å². The lowest BCUT2D eigenvalue weighted by Gasteiger charge is -2.15. The van der Waals surface area contributed by atoms with Gasteiger partial charge in [-0.1, -0.05) is 11.3 Å². The second-order valence-corrected chi connectivity index (χ2v) is 7.20. The first-order valence-corrected chi connectivity index (χ1v) is 8.86. The number of carbonyl (C=O) groups is 1. The molecule has 8 heteroatoms. The van der Waals surface area contributed by atoms with Crippen LogP contribution in [0, 0.1) is 34.9 Å².